The van der Waals surface area contributed by atoms with Gasteiger partial charge in [0.05, 0.1) is 0 Å². The molecular weight excluding hydrogens is 314 g/mol. The molecule has 0 bridgehead atoms. The minimum atomic E-state index is -1.13. The number of carbonyl (C=O) groups is 4. The zero-order chi connectivity index (χ0) is 17.9. The molecule has 3 atom stereocenters. The first kappa shape index (κ1) is 18.2. The number of carboxylic acids is 1. The van der Waals surface area contributed by atoms with Gasteiger partial charge in [0.2, 0.25) is 5.91 Å². The maximum absolute atomic E-state index is 12.7. The zero-order valence-electron chi connectivity index (χ0n) is 14.1. The summed E-state index contributed by atoms with van der Waals surface area (Å²) in [6, 6.07) is -1.59. The number of rotatable bonds is 6. The molecule has 2 rings (SSSR count). The van der Waals surface area contributed by atoms with Crippen LogP contribution in [0.5, 0.6) is 0 Å². The van der Waals surface area contributed by atoms with E-state index < -0.39 is 36.0 Å². The van der Waals surface area contributed by atoms with Crippen molar-refractivity contribution < 1.29 is 24.3 Å². The van der Waals surface area contributed by atoms with Gasteiger partial charge in [0, 0.05) is 0 Å². The zero-order valence-corrected chi connectivity index (χ0v) is 14.1. The van der Waals surface area contributed by atoms with Crippen LogP contribution in [-0.4, -0.2) is 51.9 Å². The summed E-state index contributed by atoms with van der Waals surface area (Å²) in [6.45, 7) is 3.29. The fraction of sp³-hybridized carbons (Fsp3) is 0.750. The van der Waals surface area contributed by atoms with Crippen molar-refractivity contribution in [2.45, 2.75) is 64.0 Å². The Bertz CT molecular complexity index is 550. The molecule has 2 aliphatic rings. The number of carbonyl (C=O) groups excluding carboxylic acids is 3. The van der Waals surface area contributed by atoms with Crippen LogP contribution < -0.4 is 10.6 Å². The van der Waals surface area contributed by atoms with Crippen LogP contribution in [0, 0.1) is 5.92 Å². The fourth-order valence-corrected chi connectivity index (χ4v) is 3.57. The minimum Gasteiger partial charge on any atom is -0.480 e. The summed E-state index contributed by atoms with van der Waals surface area (Å²) in [4.78, 5) is 49.0. The number of nitrogens with one attached hydrogen (secondary N) is 2. The Morgan fingerprint density at radius 3 is 2.71 bits per heavy atom. The van der Waals surface area contributed by atoms with Gasteiger partial charge in [-0.25, -0.2) is 9.59 Å². The van der Waals surface area contributed by atoms with Gasteiger partial charge in [0.1, 0.15) is 18.1 Å². The third-order valence-electron chi connectivity index (χ3n) is 5.01. The summed E-state index contributed by atoms with van der Waals surface area (Å²) >= 11 is 0. The van der Waals surface area contributed by atoms with Crippen molar-refractivity contribution in [1.82, 2.24) is 15.5 Å². The number of hydrogen-bond acceptors (Lipinski definition) is 4. The molecule has 134 valence electrons. The molecule has 24 heavy (non-hydrogen) atoms. The standard InChI is InChI=1S/C16H25N3O5/c1-3-6-11(13(21)22)17-12(20)9-19-14(23)16(18-15(19)24)8-5-4-7-10(16)2/h10-11H,3-9H2,1-2H3,(H,17,20)(H,18,24)(H,21,22). The van der Waals surface area contributed by atoms with E-state index in [1.807, 2.05) is 13.8 Å². The topological polar surface area (TPSA) is 116 Å². The molecular formula is C16H25N3O5. The van der Waals surface area contributed by atoms with Crippen LogP contribution in [0.3, 0.4) is 0 Å². The third-order valence-corrected chi connectivity index (χ3v) is 5.01. The second-order valence-corrected chi connectivity index (χ2v) is 6.69. The van der Waals surface area contributed by atoms with Crippen molar-refractivity contribution in [2.75, 3.05) is 6.54 Å². The summed E-state index contributed by atoms with van der Waals surface area (Å²) in [5.41, 5.74) is -0.911. The molecule has 3 unspecified atom stereocenters. The molecule has 0 aromatic rings. The van der Waals surface area contributed by atoms with Crippen molar-refractivity contribution in [3.05, 3.63) is 0 Å². The predicted octanol–water partition coefficient (Wildman–Crippen LogP) is 0.857. The fourth-order valence-electron chi connectivity index (χ4n) is 3.57. The van der Waals surface area contributed by atoms with Gasteiger partial charge in [-0.15, -0.1) is 0 Å². The highest BCUT2D eigenvalue weighted by Crippen LogP contribution is 2.38. The van der Waals surface area contributed by atoms with Crippen molar-refractivity contribution in [2.24, 2.45) is 5.92 Å². The van der Waals surface area contributed by atoms with Gasteiger partial charge >= 0.3 is 12.0 Å². The molecule has 1 spiro atoms. The van der Waals surface area contributed by atoms with Gasteiger partial charge in [0.25, 0.3) is 5.91 Å². The number of nitrogens with zero attached hydrogens (tertiary/aromatic N) is 1. The lowest BCUT2D eigenvalue weighted by molar-refractivity contribution is -0.142. The Balaban J connectivity index is 2.04. The van der Waals surface area contributed by atoms with E-state index in [9.17, 15) is 19.2 Å². The lowest BCUT2D eigenvalue weighted by atomic mass is 9.73. The van der Waals surface area contributed by atoms with Crippen LogP contribution >= 0.6 is 0 Å². The molecule has 1 aliphatic carbocycles. The van der Waals surface area contributed by atoms with E-state index in [4.69, 9.17) is 5.11 Å². The van der Waals surface area contributed by atoms with Gasteiger partial charge in [-0.1, -0.05) is 33.1 Å². The van der Waals surface area contributed by atoms with Crippen LogP contribution in [-0.2, 0) is 14.4 Å². The van der Waals surface area contributed by atoms with Crippen molar-refractivity contribution >= 4 is 23.8 Å². The Morgan fingerprint density at radius 2 is 2.12 bits per heavy atom. The van der Waals surface area contributed by atoms with Gasteiger partial charge in [-0.05, 0) is 25.2 Å². The molecule has 3 N–H and O–H groups in total. The molecule has 0 aromatic carbocycles. The van der Waals surface area contributed by atoms with Crippen molar-refractivity contribution in [1.29, 1.82) is 0 Å². The SMILES string of the molecule is CCCC(NC(=O)CN1C(=O)NC2(CCCCC2C)C1=O)C(=O)O. The first-order chi connectivity index (χ1) is 11.3. The summed E-state index contributed by atoms with van der Waals surface area (Å²) in [5.74, 6) is -2.13. The molecule has 4 amide bonds. The molecule has 0 radical (unpaired) electrons. The molecule has 2 fully saturated rings. The van der Waals surface area contributed by atoms with Gasteiger partial charge in [0.15, 0.2) is 0 Å². The van der Waals surface area contributed by atoms with Gasteiger partial charge in [-0.2, -0.15) is 0 Å². The number of urea groups is 1. The Kier molecular flexibility index (Phi) is 5.46. The third kappa shape index (κ3) is 3.37. The Labute approximate surface area is 141 Å². The number of amides is 4. The molecule has 1 heterocycles. The molecule has 0 aromatic heterocycles. The van der Waals surface area contributed by atoms with Crippen LogP contribution in [0.25, 0.3) is 0 Å². The van der Waals surface area contributed by atoms with E-state index in [2.05, 4.69) is 10.6 Å². The van der Waals surface area contributed by atoms with E-state index >= 15 is 0 Å². The second-order valence-electron chi connectivity index (χ2n) is 6.69. The number of carboxylic acid groups (broad SMARTS) is 1. The Morgan fingerprint density at radius 1 is 1.42 bits per heavy atom. The van der Waals surface area contributed by atoms with Gasteiger partial charge in [-0.3, -0.25) is 14.5 Å². The van der Waals surface area contributed by atoms with E-state index in [1.54, 1.807) is 0 Å². The minimum absolute atomic E-state index is 0.0163. The number of imide groups is 1. The largest absolute Gasteiger partial charge is 0.480 e. The average Bonchev–Trinajstić information content (AvgIpc) is 2.75. The van der Waals surface area contributed by atoms with Crippen molar-refractivity contribution in [3.63, 3.8) is 0 Å². The number of hydrogen-bond donors (Lipinski definition) is 3. The summed E-state index contributed by atoms with van der Waals surface area (Å²) in [6.07, 6.45) is 4.19. The second kappa shape index (κ2) is 7.19. The maximum Gasteiger partial charge on any atom is 0.326 e. The predicted molar refractivity (Wildman–Crippen MR) is 85.1 cm³/mol. The molecule has 8 heteroatoms. The highest BCUT2D eigenvalue weighted by Gasteiger charge is 2.55. The molecule has 1 saturated heterocycles. The molecule has 8 nitrogen and oxygen atoms in total. The van der Waals surface area contributed by atoms with Crippen LogP contribution in [0.1, 0.15) is 52.4 Å². The average molecular weight is 339 g/mol. The van der Waals surface area contributed by atoms with E-state index in [0.29, 0.717) is 19.3 Å². The lowest BCUT2D eigenvalue weighted by Crippen LogP contribution is -2.54. The summed E-state index contributed by atoms with van der Waals surface area (Å²) in [7, 11) is 0. The first-order valence-corrected chi connectivity index (χ1v) is 8.48. The molecule has 1 saturated carbocycles. The van der Waals surface area contributed by atoms with Crippen LogP contribution in [0.4, 0.5) is 4.79 Å². The maximum atomic E-state index is 12.7. The van der Waals surface area contributed by atoms with Gasteiger partial charge < -0.3 is 15.7 Å². The van der Waals surface area contributed by atoms with E-state index in [0.717, 1.165) is 24.2 Å². The quantitative estimate of drug-likeness (QED) is 0.621. The number of aliphatic carboxylic acids is 1. The van der Waals surface area contributed by atoms with E-state index in [-0.39, 0.29) is 11.8 Å². The highest BCUT2D eigenvalue weighted by atomic mass is 16.4. The molecule has 1 aliphatic heterocycles. The monoisotopic (exact) mass is 339 g/mol. The Hall–Kier alpha value is -2.12. The lowest BCUT2D eigenvalue weighted by Gasteiger charge is -2.36. The van der Waals surface area contributed by atoms with Crippen LogP contribution in [0.15, 0.2) is 0 Å². The smallest absolute Gasteiger partial charge is 0.326 e. The first-order valence-electron chi connectivity index (χ1n) is 8.48. The summed E-state index contributed by atoms with van der Waals surface area (Å²) < 4.78 is 0. The van der Waals surface area contributed by atoms with Crippen LogP contribution in [0.2, 0.25) is 0 Å². The highest BCUT2D eigenvalue weighted by molar-refractivity contribution is 6.09. The van der Waals surface area contributed by atoms with E-state index in [1.165, 1.54) is 0 Å². The summed E-state index contributed by atoms with van der Waals surface area (Å²) in [5, 5.41) is 14.2. The van der Waals surface area contributed by atoms with Crippen molar-refractivity contribution in [3.8, 4) is 0 Å². The normalized spacial score (nSPS) is 27.9.